The Balaban J connectivity index is 1.66. The van der Waals surface area contributed by atoms with Gasteiger partial charge in [0.15, 0.2) is 18.3 Å². The highest BCUT2D eigenvalue weighted by molar-refractivity contribution is 7.80. The van der Waals surface area contributed by atoms with Crippen molar-refractivity contribution in [1.82, 2.24) is 16.2 Å². The lowest BCUT2D eigenvalue weighted by Gasteiger charge is -2.12. The van der Waals surface area contributed by atoms with E-state index in [-0.39, 0.29) is 23.2 Å². The number of nitrogens with one attached hydrogen (secondary N) is 3. The second kappa shape index (κ2) is 10.6. The smallest absolute Gasteiger partial charge is 0.276 e. The number of hydrogen-bond donors (Lipinski definition) is 3. The van der Waals surface area contributed by atoms with Crippen molar-refractivity contribution in [3.05, 3.63) is 64.2 Å². The Morgan fingerprint density at radius 1 is 1.00 bits per heavy atom. The third-order valence-electron chi connectivity index (χ3n) is 3.36. The number of thiocarbonyl (C=S) groups is 1. The molecule has 10 nitrogen and oxygen atoms in total. The number of non-ortho nitro benzene ring substituents is 1. The van der Waals surface area contributed by atoms with Gasteiger partial charge >= 0.3 is 0 Å². The maximum absolute atomic E-state index is 11.8. The van der Waals surface area contributed by atoms with Crippen molar-refractivity contribution in [2.24, 2.45) is 0 Å². The van der Waals surface area contributed by atoms with Crippen LogP contribution in [-0.2, 0) is 9.59 Å². The molecule has 0 saturated heterocycles. The fourth-order valence-corrected chi connectivity index (χ4v) is 2.14. The molecule has 0 bridgehead atoms. The van der Waals surface area contributed by atoms with Crippen LogP contribution in [0.3, 0.4) is 0 Å². The van der Waals surface area contributed by atoms with Crippen LogP contribution in [0, 0.1) is 17.0 Å². The van der Waals surface area contributed by atoms with E-state index < -0.39 is 23.3 Å². The summed E-state index contributed by atoms with van der Waals surface area (Å²) in [6.45, 7) is 1.26. The Hall–Kier alpha value is -3.73. The molecule has 11 heteroatoms. The second-order valence-corrected chi connectivity index (χ2v) is 6.10. The van der Waals surface area contributed by atoms with Gasteiger partial charge in [0, 0.05) is 6.07 Å². The predicted molar refractivity (Wildman–Crippen MR) is 107 cm³/mol. The van der Waals surface area contributed by atoms with E-state index in [0.29, 0.717) is 5.75 Å². The van der Waals surface area contributed by atoms with Crippen molar-refractivity contribution >= 4 is 34.8 Å². The lowest BCUT2D eigenvalue weighted by molar-refractivity contribution is -0.384. The fourth-order valence-electron chi connectivity index (χ4n) is 1.98. The highest BCUT2D eigenvalue weighted by Crippen LogP contribution is 2.18. The van der Waals surface area contributed by atoms with E-state index in [9.17, 15) is 19.7 Å². The number of hydrazine groups is 1. The van der Waals surface area contributed by atoms with E-state index in [1.807, 2.05) is 19.1 Å². The van der Waals surface area contributed by atoms with Crippen molar-refractivity contribution in [2.75, 3.05) is 13.2 Å². The Bertz CT molecular complexity index is 903. The first kappa shape index (κ1) is 21.6. The van der Waals surface area contributed by atoms with E-state index >= 15 is 0 Å². The molecule has 2 aromatic carbocycles. The number of nitro groups is 1. The van der Waals surface area contributed by atoms with Crippen molar-refractivity contribution in [3.63, 3.8) is 0 Å². The molecule has 0 saturated carbocycles. The van der Waals surface area contributed by atoms with Crippen LogP contribution in [0.4, 0.5) is 5.69 Å². The number of nitrogens with zero attached hydrogens (tertiary/aromatic N) is 1. The Kier molecular flexibility index (Phi) is 7.86. The van der Waals surface area contributed by atoms with Gasteiger partial charge in [-0.05, 0) is 37.3 Å². The summed E-state index contributed by atoms with van der Waals surface area (Å²) in [6, 6.07) is 12.6. The molecule has 0 spiro atoms. The second-order valence-electron chi connectivity index (χ2n) is 5.70. The number of carbonyl (C=O) groups excluding carboxylic acids is 2. The van der Waals surface area contributed by atoms with Crippen molar-refractivity contribution in [3.8, 4) is 11.5 Å². The number of amides is 2. The van der Waals surface area contributed by atoms with Crippen molar-refractivity contribution < 1.29 is 24.0 Å². The third kappa shape index (κ3) is 7.81. The normalized spacial score (nSPS) is 9.83. The molecule has 0 aliphatic carbocycles. The molecule has 0 aliphatic rings. The van der Waals surface area contributed by atoms with Gasteiger partial charge in [0.25, 0.3) is 17.5 Å². The number of rotatable bonds is 7. The quantitative estimate of drug-likeness (QED) is 0.349. The SMILES string of the molecule is Cc1ccc(OCC(=O)NC(=S)NNC(=O)COc2cccc([N+](=O)[O-])c2)cc1. The highest BCUT2D eigenvalue weighted by atomic mass is 32.1. The molecule has 2 amide bonds. The third-order valence-corrected chi connectivity index (χ3v) is 3.56. The number of aryl methyl sites for hydroxylation is 1. The monoisotopic (exact) mass is 418 g/mol. The van der Waals surface area contributed by atoms with Gasteiger partial charge in [-0.1, -0.05) is 23.8 Å². The maximum Gasteiger partial charge on any atom is 0.276 e. The summed E-state index contributed by atoms with van der Waals surface area (Å²) in [5.41, 5.74) is 5.48. The first-order chi connectivity index (χ1) is 13.8. The minimum absolute atomic E-state index is 0.133. The first-order valence-electron chi connectivity index (χ1n) is 8.29. The topological polar surface area (TPSA) is 132 Å². The van der Waals surface area contributed by atoms with E-state index in [4.69, 9.17) is 21.7 Å². The van der Waals surface area contributed by atoms with E-state index in [1.165, 1.54) is 24.3 Å². The van der Waals surface area contributed by atoms with E-state index in [1.54, 1.807) is 12.1 Å². The molecule has 29 heavy (non-hydrogen) atoms. The van der Waals surface area contributed by atoms with Gasteiger partial charge in [-0.25, -0.2) is 0 Å². The largest absolute Gasteiger partial charge is 0.484 e. The number of benzene rings is 2. The van der Waals surface area contributed by atoms with Crippen molar-refractivity contribution in [2.45, 2.75) is 6.92 Å². The maximum atomic E-state index is 11.8. The van der Waals surface area contributed by atoms with Gasteiger partial charge in [0.05, 0.1) is 11.0 Å². The van der Waals surface area contributed by atoms with Crippen LogP contribution >= 0.6 is 12.2 Å². The number of nitro benzene ring substituents is 1. The van der Waals surface area contributed by atoms with E-state index in [0.717, 1.165) is 5.56 Å². The van der Waals surface area contributed by atoms with E-state index in [2.05, 4.69) is 16.2 Å². The summed E-state index contributed by atoms with van der Waals surface area (Å²) in [5.74, 6) is -0.413. The van der Waals surface area contributed by atoms with Gasteiger partial charge in [0.2, 0.25) is 0 Å². The van der Waals surface area contributed by atoms with Gasteiger partial charge in [-0.2, -0.15) is 0 Å². The van der Waals surface area contributed by atoms with Crippen LogP contribution in [0.15, 0.2) is 48.5 Å². The van der Waals surface area contributed by atoms with Gasteiger partial charge in [-0.15, -0.1) is 0 Å². The zero-order valence-corrected chi connectivity index (χ0v) is 16.2. The number of ether oxygens (including phenoxy) is 2. The molecule has 0 fully saturated rings. The number of hydrogen-bond acceptors (Lipinski definition) is 7. The van der Waals surface area contributed by atoms with Gasteiger partial charge in [0.1, 0.15) is 11.5 Å². The predicted octanol–water partition coefficient (Wildman–Crippen LogP) is 1.38. The molecule has 0 radical (unpaired) electrons. The standard InChI is InChI=1S/C18H18N4O6S/c1-12-5-7-14(8-6-12)27-10-16(23)19-18(29)21-20-17(24)11-28-15-4-2-3-13(9-15)22(25)26/h2-9H,10-11H2,1H3,(H,20,24)(H2,19,21,23,29). The molecular weight excluding hydrogens is 400 g/mol. The molecule has 0 atom stereocenters. The summed E-state index contributed by atoms with van der Waals surface area (Å²) in [5, 5.41) is 12.9. The molecule has 0 aromatic heterocycles. The molecule has 2 rings (SSSR count). The molecular formula is C18H18N4O6S. The Morgan fingerprint density at radius 2 is 1.66 bits per heavy atom. The average Bonchev–Trinajstić information content (AvgIpc) is 2.70. The lowest BCUT2D eigenvalue weighted by Crippen LogP contribution is -2.50. The summed E-state index contributed by atoms with van der Waals surface area (Å²) in [7, 11) is 0. The van der Waals surface area contributed by atoms with Crippen LogP contribution in [-0.4, -0.2) is 35.1 Å². The minimum atomic E-state index is -0.607. The molecule has 0 heterocycles. The van der Waals surface area contributed by atoms with Crippen LogP contribution < -0.4 is 25.6 Å². The van der Waals surface area contributed by atoms with Crippen molar-refractivity contribution in [1.29, 1.82) is 0 Å². The molecule has 2 aromatic rings. The summed E-state index contributed by atoms with van der Waals surface area (Å²) < 4.78 is 10.5. The highest BCUT2D eigenvalue weighted by Gasteiger charge is 2.10. The molecule has 0 unspecified atom stereocenters. The van der Waals surface area contributed by atoms with Gasteiger partial charge < -0.3 is 9.47 Å². The summed E-state index contributed by atoms with van der Waals surface area (Å²) >= 11 is 4.89. The first-order valence-corrected chi connectivity index (χ1v) is 8.69. The summed E-state index contributed by atoms with van der Waals surface area (Å²) in [4.78, 5) is 33.6. The molecule has 0 aliphatic heterocycles. The Labute approximate surface area is 171 Å². The zero-order chi connectivity index (χ0) is 21.2. The summed E-state index contributed by atoms with van der Waals surface area (Å²) in [6.07, 6.45) is 0. The Morgan fingerprint density at radius 3 is 2.34 bits per heavy atom. The number of carbonyl (C=O) groups is 2. The average molecular weight is 418 g/mol. The van der Waals surface area contributed by atoms with Gasteiger partial charge in [-0.3, -0.25) is 35.9 Å². The fraction of sp³-hybridized carbons (Fsp3) is 0.167. The zero-order valence-electron chi connectivity index (χ0n) is 15.3. The van der Waals surface area contributed by atoms with Crippen LogP contribution in [0.25, 0.3) is 0 Å². The lowest BCUT2D eigenvalue weighted by atomic mass is 10.2. The van der Waals surface area contributed by atoms with Crippen LogP contribution in [0.1, 0.15) is 5.56 Å². The minimum Gasteiger partial charge on any atom is -0.484 e. The van der Waals surface area contributed by atoms with Crippen LogP contribution in [0.5, 0.6) is 11.5 Å². The molecule has 3 N–H and O–H groups in total. The molecule has 152 valence electrons. The van der Waals surface area contributed by atoms with Crippen LogP contribution in [0.2, 0.25) is 0 Å².